The second-order valence-corrected chi connectivity index (χ2v) is 6.17. The fraction of sp³-hybridized carbons (Fsp3) is 0.471. The number of nitrogens with one attached hydrogen (secondary N) is 2. The Morgan fingerprint density at radius 1 is 1.30 bits per heavy atom. The minimum atomic E-state index is -0.668. The molecule has 1 heterocycles. The molecule has 1 aliphatic rings. The molecule has 0 spiro atoms. The highest BCUT2D eigenvalue weighted by atomic mass is 16.2. The van der Waals surface area contributed by atoms with Crippen molar-refractivity contribution in [1.29, 1.82) is 0 Å². The standard InChI is InChI=1S/C17H23N3O3/c1-11(2)8-9-18-15(21)10-20-14-7-5-4-6-13(14)16(22)19-12(3)17(20)23/h4-7,11-12H,8-10H2,1-3H3,(H,18,21)(H,19,22)/t12-/m0/s1. The van der Waals surface area contributed by atoms with E-state index in [9.17, 15) is 14.4 Å². The van der Waals surface area contributed by atoms with Crippen LogP contribution in [0.4, 0.5) is 5.69 Å². The highest BCUT2D eigenvalue weighted by Crippen LogP contribution is 2.23. The minimum Gasteiger partial charge on any atom is -0.355 e. The Morgan fingerprint density at radius 3 is 2.70 bits per heavy atom. The number of para-hydroxylation sites is 1. The third kappa shape index (κ3) is 4.09. The molecular formula is C17H23N3O3. The number of anilines is 1. The third-order valence-electron chi connectivity index (χ3n) is 3.77. The number of nitrogens with zero attached hydrogens (tertiary/aromatic N) is 1. The van der Waals surface area contributed by atoms with Gasteiger partial charge in [-0.3, -0.25) is 14.4 Å². The molecule has 2 rings (SSSR count). The Kier molecular flexibility index (Phi) is 5.36. The lowest BCUT2D eigenvalue weighted by Crippen LogP contribution is -2.47. The van der Waals surface area contributed by atoms with E-state index in [4.69, 9.17) is 0 Å². The molecule has 1 atom stereocenters. The lowest BCUT2D eigenvalue weighted by Gasteiger charge is -2.23. The van der Waals surface area contributed by atoms with Gasteiger partial charge in [0, 0.05) is 6.54 Å². The average molecular weight is 317 g/mol. The molecule has 23 heavy (non-hydrogen) atoms. The highest BCUT2D eigenvalue weighted by molar-refractivity contribution is 6.12. The molecule has 0 aliphatic carbocycles. The molecule has 0 saturated carbocycles. The van der Waals surface area contributed by atoms with Crippen LogP contribution >= 0.6 is 0 Å². The van der Waals surface area contributed by atoms with E-state index in [2.05, 4.69) is 24.5 Å². The molecule has 0 aromatic heterocycles. The van der Waals surface area contributed by atoms with Crippen LogP contribution in [-0.2, 0) is 9.59 Å². The van der Waals surface area contributed by atoms with Gasteiger partial charge in [-0.25, -0.2) is 0 Å². The van der Waals surface area contributed by atoms with E-state index in [0.717, 1.165) is 6.42 Å². The molecule has 1 aromatic rings. The molecule has 2 N–H and O–H groups in total. The van der Waals surface area contributed by atoms with Gasteiger partial charge >= 0.3 is 0 Å². The number of carbonyl (C=O) groups excluding carboxylic acids is 3. The van der Waals surface area contributed by atoms with Crippen LogP contribution in [0.2, 0.25) is 0 Å². The third-order valence-corrected chi connectivity index (χ3v) is 3.77. The van der Waals surface area contributed by atoms with E-state index in [-0.39, 0.29) is 24.3 Å². The van der Waals surface area contributed by atoms with Crippen LogP contribution in [-0.4, -0.2) is 36.9 Å². The molecule has 124 valence electrons. The number of amides is 3. The zero-order chi connectivity index (χ0) is 17.0. The topological polar surface area (TPSA) is 78.5 Å². The van der Waals surface area contributed by atoms with Crippen molar-refractivity contribution >= 4 is 23.4 Å². The molecule has 0 radical (unpaired) electrons. The predicted octanol–water partition coefficient (Wildman–Crippen LogP) is 1.31. The van der Waals surface area contributed by atoms with Crippen LogP contribution in [0.1, 0.15) is 37.6 Å². The lowest BCUT2D eigenvalue weighted by atomic mass is 10.1. The molecule has 0 fully saturated rings. The second-order valence-electron chi connectivity index (χ2n) is 6.17. The van der Waals surface area contributed by atoms with Gasteiger partial charge in [-0.2, -0.15) is 0 Å². The SMILES string of the molecule is CC(C)CCNC(=O)CN1C(=O)[C@H](C)NC(=O)c2ccccc21. The second kappa shape index (κ2) is 7.26. The molecule has 6 heteroatoms. The maximum Gasteiger partial charge on any atom is 0.254 e. The zero-order valence-corrected chi connectivity index (χ0v) is 13.8. The number of hydrogen-bond acceptors (Lipinski definition) is 3. The van der Waals surface area contributed by atoms with Crippen LogP contribution in [0.5, 0.6) is 0 Å². The largest absolute Gasteiger partial charge is 0.355 e. The fourth-order valence-electron chi connectivity index (χ4n) is 2.45. The van der Waals surface area contributed by atoms with Gasteiger partial charge in [0.2, 0.25) is 11.8 Å². The monoisotopic (exact) mass is 317 g/mol. The van der Waals surface area contributed by atoms with E-state index >= 15 is 0 Å². The van der Waals surface area contributed by atoms with Crippen LogP contribution in [0, 0.1) is 5.92 Å². The van der Waals surface area contributed by atoms with Crippen LogP contribution in [0.3, 0.4) is 0 Å². The van der Waals surface area contributed by atoms with Crippen LogP contribution in [0.15, 0.2) is 24.3 Å². The van der Waals surface area contributed by atoms with Gasteiger partial charge in [0.05, 0.1) is 11.3 Å². The van der Waals surface area contributed by atoms with Gasteiger partial charge in [0.15, 0.2) is 0 Å². The summed E-state index contributed by atoms with van der Waals surface area (Å²) in [4.78, 5) is 38.2. The Labute approximate surface area is 136 Å². The maximum atomic E-state index is 12.5. The van der Waals surface area contributed by atoms with Crippen molar-refractivity contribution in [2.45, 2.75) is 33.2 Å². The van der Waals surface area contributed by atoms with Gasteiger partial charge in [0.1, 0.15) is 12.6 Å². The van der Waals surface area contributed by atoms with Crippen molar-refractivity contribution in [2.24, 2.45) is 5.92 Å². The van der Waals surface area contributed by atoms with Gasteiger partial charge in [-0.05, 0) is 31.4 Å². The molecule has 0 bridgehead atoms. The van der Waals surface area contributed by atoms with E-state index in [1.807, 2.05) is 0 Å². The Morgan fingerprint density at radius 2 is 2.00 bits per heavy atom. The fourth-order valence-corrected chi connectivity index (χ4v) is 2.45. The molecule has 0 saturated heterocycles. The van der Waals surface area contributed by atoms with E-state index in [1.54, 1.807) is 31.2 Å². The highest BCUT2D eigenvalue weighted by Gasteiger charge is 2.31. The van der Waals surface area contributed by atoms with Crippen molar-refractivity contribution in [1.82, 2.24) is 10.6 Å². The molecule has 0 unspecified atom stereocenters. The number of hydrogen-bond donors (Lipinski definition) is 2. The Hall–Kier alpha value is -2.37. The number of benzene rings is 1. The summed E-state index contributed by atoms with van der Waals surface area (Å²) in [5.41, 5.74) is 0.874. The summed E-state index contributed by atoms with van der Waals surface area (Å²) in [5, 5.41) is 5.47. The first-order chi connectivity index (χ1) is 10.9. The van der Waals surface area contributed by atoms with Crippen molar-refractivity contribution in [3.63, 3.8) is 0 Å². The van der Waals surface area contributed by atoms with Crippen LogP contribution in [0.25, 0.3) is 0 Å². The predicted molar refractivity (Wildman–Crippen MR) is 88.2 cm³/mol. The smallest absolute Gasteiger partial charge is 0.254 e. The summed E-state index contributed by atoms with van der Waals surface area (Å²) >= 11 is 0. The summed E-state index contributed by atoms with van der Waals surface area (Å²) in [6.07, 6.45) is 0.882. The molecule has 3 amide bonds. The minimum absolute atomic E-state index is 0.0900. The molecule has 6 nitrogen and oxygen atoms in total. The number of fused-ring (bicyclic) bond motifs is 1. The van der Waals surface area contributed by atoms with E-state index in [0.29, 0.717) is 23.7 Å². The van der Waals surface area contributed by atoms with Crippen molar-refractivity contribution in [3.05, 3.63) is 29.8 Å². The van der Waals surface area contributed by atoms with Gasteiger partial charge in [-0.15, -0.1) is 0 Å². The summed E-state index contributed by atoms with van der Waals surface area (Å²) in [6.45, 7) is 6.27. The molecular weight excluding hydrogens is 294 g/mol. The quantitative estimate of drug-likeness (QED) is 0.859. The van der Waals surface area contributed by atoms with Crippen molar-refractivity contribution in [3.8, 4) is 0 Å². The van der Waals surface area contributed by atoms with Gasteiger partial charge in [0.25, 0.3) is 5.91 Å². The van der Waals surface area contributed by atoms with Gasteiger partial charge < -0.3 is 15.5 Å². The van der Waals surface area contributed by atoms with Crippen LogP contribution < -0.4 is 15.5 Å². The van der Waals surface area contributed by atoms with Crippen molar-refractivity contribution < 1.29 is 14.4 Å². The zero-order valence-electron chi connectivity index (χ0n) is 13.8. The lowest BCUT2D eigenvalue weighted by molar-refractivity contribution is -0.124. The van der Waals surface area contributed by atoms with E-state index in [1.165, 1.54) is 4.90 Å². The summed E-state index contributed by atoms with van der Waals surface area (Å²) in [7, 11) is 0. The van der Waals surface area contributed by atoms with Crippen molar-refractivity contribution in [2.75, 3.05) is 18.0 Å². The average Bonchev–Trinajstić information content (AvgIpc) is 2.58. The Bertz CT molecular complexity index is 613. The number of rotatable bonds is 5. The van der Waals surface area contributed by atoms with E-state index < -0.39 is 6.04 Å². The summed E-state index contributed by atoms with van der Waals surface area (Å²) < 4.78 is 0. The van der Waals surface area contributed by atoms with Gasteiger partial charge in [-0.1, -0.05) is 26.0 Å². The first kappa shape index (κ1) is 17.0. The summed E-state index contributed by atoms with van der Waals surface area (Å²) in [6, 6.07) is 6.16. The first-order valence-corrected chi connectivity index (χ1v) is 7.88. The maximum absolute atomic E-state index is 12.5. The number of carbonyl (C=O) groups is 3. The molecule has 1 aromatic carbocycles. The Balaban J connectivity index is 2.17. The molecule has 1 aliphatic heterocycles. The first-order valence-electron chi connectivity index (χ1n) is 7.88. The normalized spacial score (nSPS) is 17.6. The summed E-state index contributed by atoms with van der Waals surface area (Å²) in [5.74, 6) is -0.320.